The van der Waals surface area contributed by atoms with Gasteiger partial charge in [-0.1, -0.05) is 0 Å². The van der Waals surface area contributed by atoms with Crippen molar-refractivity contribution in [2.75, 3.05) is 50.8 Å². The molecular weight excluding hydrogens is 369 g/mol. The molecule has 3 rings (SSSR count). The highest BCUT2D eigenvalue weighted by Crippen LogP contribution is 2.36. The molecular formula is C16H19F3N4O4. The number of rotatable bonds is 3. The Hall–Kier alpha value is -2.40. The molecule has 1 N–H and O–H groups in total. The first-order chi connectivity index (χ1) is 12.8. The van der Waals surface area contributed by atoms with Crippen LogP contribution in [0.25, 0.3) is 0 Å². The summed E-state index contributed by atoms with van der Waals surface area (Å²) in [5, 5.41) is 14.3. The average molecular weight is 388 g/mol. The summed E-state index contributed by atoms with van der Waals surface area (Å²) in [6.07, 6.45) is -4.65. The van der Waals surface area contributed by atoms with E-state index in [0.717, 1.165) is 12.1 Å². The van der Waals surface area contributed by atoms with Crippen molar-refractivity contribution in [2.45, 2.75) is 12.2 Å². The number of nitrogens with zero attached hydrogens (tertiary/aromatic N) is 3. The summed E-state index contributed by atoms with van der Waals surface area (Å²) >= 11 is 0. The van der Waals surface area contributed by atoms with Crippen molar-refractivity contribution in [2.24, 2.45) is 0 Å². The number of alkyl halides is 3. The third kappa shape index (κ3) is 4.30. The lowest BCUT2D eigenvalue weighted by Crippen LogP contribution is -2.57. The third-order valence-electron chi connectivity index (χ3n) is 4.65. The molecule has 2 aliphatic rings. The maximum Gasteiger partial charge on any atom is 0.416 e. The third-order valence-corrected chi connectivity index (χ3v) is 4.65. The second-order valence-corrected chi connectivity index (χ2v) is 6.35. The minimum absolute atomic E-state index is 0.101. The molecule has 0 bridgehead atoms. The van der Waals surface area contributed by atoms with Crippen molar-refractivity contribution >= 4 is 17.3 Å². The first kappa shape index (κ1) is 19.4. The Morgan fingerprint density at radius 3 is 2.52 bits per heavy atom. The van der Waals surface area contributed by atoms with Gasteiger partial charge in [0.2, 0.25) is 5.91 Å². The fourth-order valence-electron chi connectivity index (χ4n) is 3.23. The van der Waals surface area contributed by atoms with Gasteiger partial charge >= 0.3 is 6.18 Å². The number of amides is 1. The summed E-state index contributed by atoms with van der Waals surface area (Å²) in [7, 11) is 0. The molecule has 0 saturated carbocycles. The van der Waals surface area contributed by atoms with E-state index in [2.05, 4.69) is 5.32 Å². The predicted octanol–water partition coefficient (Wildman–Crippen LogP) is 1.25. The normalized spacial score (nSPS) is 21.2. The molecule has 1 unspecified atom stereocenters. The standard InChI is InChI=1S/C16H19F3N4O4/c17-16(18,19)11-1-2-13(14(9-11)23(25)26)21-4-6-22(7-5-21)15(24)12-10-27-8-3-20-12/h1-2,9,12,20H,3-8,10H2. The number of nitro groups is 1. The lowest BCUT2D eigenvalue weighted by molar-refractivity contribution is -0.384. The number of carbonyl (C=O) groups excluding carboxylic acids is 1. The number of piperazine rings is 1. The largest absolute Gasteiger partial charge is 0.416 e. The second-order valence-electron chi connectivity index (χ2n) is 6.35. The summed E-state index contributed by atoms with van der Waals surface area (Å²) in [4.78, 5) is 26.2. The molecule has 1 amide bonds. The number of anilines is 1. The summed E-state index contributed by atoms with van der Waals surface area (Å²) in [6, 6.07) is 2.10. The predicted molar refractivity (Wildman–Crippen MR) is 89.5 cm³/mol. The van der Waals surface area contributed by atoms with Crippen molar-refractivity contribution in [3.05, 3.63) is 33.9 Å². The molecule has 0 spiro atoms. The van der Waals surface area contributed by atoms with E-state index in [0.29, 0.717) is 52.0 Å². The molecule has 27 heavy (non-hydrogen) atoms. The van der Waals surface area contributed by atoms with Gasteiger partial charge in [0.05, 0.1) is 23.7 Å². The van der Waals surface area contributed by atoms with Gasteiger partial charge in [-0.25, -0.2) is 0 Å². The van der Waals surface area contributed by atoms with Gasteiger partial charge < -0.3 is 19.9 Å². The van der Waals surface area contributed by atoms with Gasteiger partial charge in [-0.15, -0.1) is 0 Å². The van der Waals surface area contributed by atoms with Crippen molar-refractivity contribution in [1.82, 2.24) is 10.2 Å². The molecule has 2 saturated heterocycles. The highest BCUT2D eigenvalue weighted by molar-refractivity contribution is 5.82. The van der Waals surface area contributed by atoms with Crippen LogP contribution < -0.4 is 10.2 Å². The maximum absolute atomic E-state index is 12.8. The molecule has 8 nitrogen and oxygen atoms in total. The van der Waals surface area contributed by atoms with Gasteiger partial charge in [0.25, 0.3) is 5.69 Å². The number of halogens is 3. The van der Waals surface area contributed by atoms with Crippen LogP contribution in [-0.4, -0.2) is 67.7 Å². The monoisotopic (exact) mass is 388 g/mol. The number of ether oxygens (including phenoxy) is 1. The van der Waals surface area contributed by atoms with Gasteiger partial charge in [-0.2, -0.15) is 13.2 Å². The van der Waals surface area contributed by atoms with E-state index in [1.54, 1.807) is 9.80 Å². The molecule has 1 aromatic carbocycles. The first-order valence-electron chi connectivity index (χ1n) is 8.48. The molecule has 2 heterocycles. The van der Waals surface area contributed by atoms with Crippen LogP contribution in [0.5, 0.6) is 0 Å². The first-order valence-corrected chi connectivity index (χ1v) is 8.48. The molecule has 0 aromatic heterocycles. The zero-order chi connectivity index (χ0) is 19.6. The fraction of sp³-hybridized carbons (Fsp3) is 0.562. The number of morpholine rings is 1. The Morgan fingerprint density at radius 1 is 1.26 bits per heavy atom. The van der Waals surface area contributed by atoms with Crippen LogP contribution in [0, 0.1) is 10.1 Å². The second kappa shape index (κ2) is 7.69. The van der Waals surface area contributed by atoms with Crippen LogP contribution in [0.15, 0.2) is 18.2 Å². The number of benzene rings is 1. The number of hydrogen-bond donors (Lipinski definition) is 1. The summed E-state index contributed by atoms with van der Waals surface area (Å²) in [6.45, 7) is 2.69. The van der Waals surface area contributed by atoms with E-state index in [9.17, 15) is 28.1 Å². The Balaban J connectivity index is 1.70. The molecule has 1 atom stereocenters. The number of carbonyl (C=O) groups is 1. The van der Waals surface area contributed by atoms with Gasteiger partial charge in [0.1, 0.15) is 11.7 Å². The Bertz CT molecular complexity index is 714. The van der Waals surface area contributed by atoms with Crippen LogP contribution >= 0.6 is 0 Å². The fourth-order valence-corrected chi connectivity index (χ4v) is 3.23. The number of nitro benzene ring substituents is 1. The molecule has 2 aliphatic heterocycles. The number of nitrogens with one attached hydrogen (secondary N) is 1. The van der Waals surface area contributed by atoms with E-state index in [1.165, 1.54) is 0 Å². The van der Waals surface area contributed by atoms with Crippen molar-refractivity contribution in [3.63, 3.8) is 0 Å². The summed E-state index contributed by atoms with van der Waals surface area (Å²) in [5.74, 6) is -0.101. The topological polar surface area (TPSA) is 88.0 Å². The average Bonchev–Trinajstić information content (AvgIpc) is 2.67. The lowest BCUT2D eigenvalue weighted by atomic mass is 10.1. The zero-order valence-electron chi connectivity index (χ0n) is 14.4. The summed E-state index contributed by atoms with van der Waals surface area (Å²) < 4.78 is 43.8. The molecule has 148 valence electrons. The Labute approximate surface area is 153 Å². The maximum atomic E-state index is 12.8. The Morgan fingerprint density at radius 2 is 1.96 bits per heavy atom. The van der Waals surface area contributed by atoms with Crippen LogP contribution in [0.1, 0.15) is 5.56 Å². The van der Waals surface area contributed by atoms with Gasteiger partial charge in [0, 0.05) is 38.8 Å². The lowest BCUT2D eigenvalue weighted by Gasteiger charge is -2.38. The minimum atomic E-state index is -4.65. The van der Waals surface area contributed by atoms with Crippen molar-refractivity contribution in [3.8, 4) is 0 Å². The number of hydrogen-bond acceptors (Lipinski definition) is 6. The van der Waals surface area contributed by atoms with Crippen LogP contribution in [0.3, 0.4) is 0 Å². The zero-order valence-corrected chi connectivity index (χ0v) is 14.4. The highest BCUT2D eigenvalue weighted by atomic mass is 19.4. The van der Waals surface area contributed by atoms with Crippen molar-refractivity contribution < 1.29 is 27.6 Å². The molecule has 0 radical (unpaired) electrons. The van der Waals surface area contributed by atoms with E-state index < -0.39 is 28.4 Å². The van der Waals surface area contributed by atoms with Crippen LogP contribution in [0.2, 0.25) is 0 Å². The summed E-state index contributed by atoms with van der Waals surface area (Å²) in [5.41, 5.74) is -1.53. The van der Waals surface area contributed by atoms with Crippen LogP contribution in [-0.2, 0) is 15.7 Å². The quantitative estimate of drug-likeness (QED) is 0.620. The van der Waals surface area contributed by atoms with Gasteiger partial charge in [-0.3, -0.25) is 14.9 Å². The SMILES string of the molecule is O=C(C1COCCN1)N1CCN(c2ccc(C(F)(F)F)cc2[N+](=O)[O-])CC1. The minimum Gasteiger partial charge on any atom is -0.378 e. The molecule has 0 aliphatic carbocycles. The van der Waals surface area contributed by atoms with Crippen molar-refractivity contribution in [1.29, 1.82) is 0 Å². The van der Waals surface area contributed by atoms with Gasteiger partial charge in [-0.05, 0) is 12.1 Å². The van der Waals surface area contributed by atoms with E-state index in [4.69, 9.17) is 4.74 Å². The van der Waals surface area contributed by atoms with Gasteiger partial charge in [0.15, 0.2) is 0 Å². The van der Waals surface area contributed by atoms with Crippen LogP contribution in [0.4, 0.5) is 24.5 Å². The molecule has 11 heteroatoms. The molecule has 1 aromatic rings. The van der Waals surface area contributed by atoms with E-state index in [1.807, 2.05) is 0 Å². The smallest absolute Gasteiger partial charge is 0.378 e. The van der Waals surface area contributed by atoms with E-state index in [-0.39, 0.29) is 11.6 Å². The highest BCUT2D eigenvalue weighted by Gasteiger charge is 2.35. The molecule has 2 fully saturated rings. The Kier molecular flexibility index (Phi) is 5.51. The van der Waals surface area contributed by atoms with E-state index >= 15 is 0 Å².